The molecule has 5 nitrogen and oxygen atoms in total. The number of aliphatic hydroxyl groups excluding tert-OH is 1. The second-order valence-electron chi connectivity index (χ2n) is 10.7. The molecule has 0 amide bonds. The molecule has 0 aromatic heterocycles. The molecule has 38 heavy (non-hydrogen) atoms. The van der Waals surface area contributed by atoms with Crippen molar-refractivity contribution in [3.05, 3.63) is 103 Å². The molecule has 2 N–H and O–H groups in total. The van der Waals surface area contributed by atoms with Crippen LogP contribution < -0.4 is 10.1 Å². The summed E-state index contributed by atoms with van der Waals surface area (Å²) in [4.78, 5) is 16.1. The average Bonchev–Trinajstić information content (AvgIpc) is 3.00. The van der Waals surface area contributed by atoms with E-state index in [0.29, 0.717) is 17.4 Å². The zero-order valence-corrected chi connectivity index (χ0v) is 21.7. The molecule has 4 aliphatic rings. The molecular formula is C33H34N2O3. The van der Waals surface area contributed by atoms with Gasteiger partial charge in [-0.25, -0.2) is 0 Å². The maximum atomic E-state index is 13.7. The summed E-state index contributed by atoms with van der Waals surface area (Å²) < 4.78 is 5.50. The van der Waals surface area contributed by atoms with Gasteiger partial charge in [-0.3, -0.25) is 9.69 Å². The second kappa shape index (κ2) is 10.2. The lowest BCUT2D eigenvalue weighted by Crippen LogP contribution is -2.57. The van der Waals surface area contributed by atoms with Crippen LogP contribution in [0.25, 0.3) is 16.7 Å². The highest BCUT2D eigenvalue weighted by molar-refractivity contribution is 6.06. The van der Waals surface area contributed by atoms with E-state index in [9.17, 15) is 9.90 Å². The molecule has 0 radical (unpaired) electrons. The SMILES string of the molecule is C=C[C@H]1CN2CC[C@H]1C[C@@H]2[C@@H](O)C1=CC(C(=O)c2ccc(-c3ccccc3)cc2)Nc2ccc(OC)cc21. The topological polar surface area (TPSA) is 61.8 Å². The molecule has 4 aliphatic heterocycles. The minimum absolute atomic E-state index is 0.0204. The Morgan fingerprint density at radius 2 is 1.87 bits per heavy atom. The van der Waals surface area contributed by atoms with Crippen molar-refractivity contribution < 1.29 is 14.6 Å². The number of benzene rings is 3. The van der Waals surface area contributed by atoms with Crippen molar-refractivity contribution in [2.75, 3.05) is 25.5 Å². The molecule has 5 heteroatoms. The van der Waals surface area contributed by atoms with E-state index in [1.807, 2.05) is 66.7 Å². The number of rotatable bonds is 7. The number of nitrogens with one attached hydrogen (secondary N) is 1. The first-order valence-corrected chi connectivity index (χ1v) is 13.5. The van der Waals surface area contributed by atoms with Gasteiger partial charge >= 0.3 is 0 Å². The van der Waals surface area contributed by atoms with Crippen LogP contribution in [0.5, 0.6) is 5.75 Å². The quantitative estimate of drug-likeness (QED) is 0.319. The summed E-state index contributed by atoms with van der Waals surface area (Å²) in [6.45, 7) is 5.95. The van der Waals surface area contributed by atoms with Gasteiger partial charge in [0.15, 0.2) is 5.78 Å². The van der Waals surface area contributed by atoms with E-state index in [1.165, 1.54) is 0 Å². The molecule has 6 atom stereocenters. The molecule has 7 rings (SSSR count). The second-order valence-corrected chi connectivity index (χ2v) is 10.7. The number of hydrogen-bond donors (Lipinski definition) is 2. The van der Waals surface area contributed by atoms with Crippen molar-refractivity contribution in [3.63, 3.8) is 0 Å². The normalized spacial score (nSPS) is 26.5. The molecule has 3 aromatic rings. The van der Waals surface area contributed by atoms with Crippen LogP contribution in [0.15, 0.2) is 91.5 Å². The zero-order valence-electron chi connectivity index (χ0n) is 21.7. The number of aliphatic hydroxyl groups is 1. The monoisotopic (exact) mass is 506 g/mol. The highest BCUT2D eigenvalue weighted by Crippen LogP contribution is 2.43. The third kappa shape index (κ3) is 4.46. The van der Waals surface area contributed by atoms with Gasteiger partial charge in [0.2, 0.25) is 0 Å². The van der Waals surface area contributed by atoms with E-state index >= 15 is 0 Å². The number of piperidine rings is 3. The standard InChI is InChI=1S/C33H34N2O3/c1-3-21-20-35-16-15-25(21)17-31(35)33(37)28-19-30(34-29-14-13-26(38-2)18-27(28)29)32(36)24-11-9-23(10-12-24)22-7-5-4-6-8-22/h3-14,18-19,21,25,30-31,33-34,37H,1,15-17,20H2,2H3/t21-,25-,30?,31+,33-/m0/s1. The summed E-state index contributed by atoms with van der Waals surface area (Å²) >= 11 is 0. The lowest BCUT2D eigenvalue weighted by molar-refractivity contribution is -0.0254. The summed E-state index contributed by atoms with van der Waals surface area (Å²) in [6, 6.07) is 23.1. The third-order valence-electron chi connectivity index (χ3n) is 8.59. The Labute approximate surface area is 224 Å². The molecule has 3 saturated heterocycles. The van der Waals surface area contributed by atoms with Gasteiger partial charge in [0, 0.05) is 29.4 Å². The number of ketones is 1. The summed E-state index contributed by atoms with van der Waals surface area (Å²) in [6.07, 6.45) is 5.37. The summed E-state index contributed by atoms with van der Waals surface area (Å²) in [5.74, 6) is 1.73. The molecule has 0 aliphatic carbocycles. The van der Waals surface area contributed by atoms with Crippen LogP contribution in [-0.4, -0.2) is 54.2 Å². The predicted molar refractivity (Wildman–Crippen MR) is 152 cm³/mol. The number of carbonyl (C=O) groups excluding carboxylic acids is 1. The van der Waals surface area contributed by atoms with Gasteiger partial charge in [-0.1, -0.05) is 60.7 Å². The number of anilines is 1. The Hall–Kier alpha value is -3.67. The number of methoxy groups -OCH3 is 1. The van der Waals surface area contributed by atoms with Gasteiger partial charge in [0.25, 0.3) is 0 Å². The van der Waals surface area contributed by atoms with Crippen molar-refractivity contribution in [2.45, 2.75) is 31.0 Å². The fourth-order valence-corrected chi connectivity index (χ4v) is 6.44. The van der Waals surface area contributed by atoms with Crippen molar-refractivity contribution in [2.24, 2.45) is 11.8 Å². The Bertz CT molecular complexity index is 1360. The van der Waals surface area contributed by atoms with Gasteiger partial charge in [-0.2, -0.15) is 0 Å². The van der Waals surface area contributed by atoms with Crippen LogP contribution in [-0.2, 0) is 0 Å². The van der Waals surface area contributed by atoms with Gasteiger partial charge in [-0.05, 0) is 72.2 Å². The largest absolute Gasteiger partial charge is 0.497 e. The Balaban J connectivity index is 1.31. The maximum absolute atomic E-state index is 13.7. The van der Waals surface area contributed by atoms with E-state index in [2.05, 4.69) is 35.0 Å². The molecular weight excluding hydrogens is 472 g/mol. The molecule has 194 valence electrons. The Morgan fingerprint density at radius 1 is 1.11 bits per heavy atom. The molecule has 2 unspecified atom stereocenters. The van der Waals surface area contributed by atoms with E-state index < -0.39 is 12.1 Å². The first-order chi connectivity index (χ1) is 18.6. The van der Waals surface area contributed by atoms with Gasteiger partial charge < -0.3 is 15.2 Å². The van der Waals surface area contributed by atoms with Gasteiger partial charge in [-0.15, -0.1) is 6.58 Å². The first kappa shape index (κ1) is 24.7. The minimum Gasteiger partial charge on any atom is -0.497 e. The molecule has 3 aromatic carbocycles. The predicted octanol–water partition coefficient (Wildman–Crippen LogP) is 5.68. The molecule has 4 heterocycles. The van der Waals surface area contributed by atoms with Crippen LogP contribution >= 0.6 is 0 Å². The highest BCUT2D eigenvalue weighted by Gasteiger charge is 2.43. The number of nitrogens with zero attached hydrogens (tertiary/aromatic N) is 1. The summed E-state index contributed by atoms with van der Waals surface area (Å²) in [7, 11) is 1.64. The van der Waals surface area contributed by atoms with E-state index in [-0.39, 0.29) is 11.8 Å². The minimum atomic E-state index is -0.702. The maximum Gasteiger partial charge on any atom is 0.188 e. The van der Waals surface area contributed by atoms with Crippen molar-refractivity contribution in [1.29, 1.82) is 0 Å². The lowest BCUT2D eigenvalue weighted by atomic mass is 9.73. The highest BCUT2D eigenvalue weighted by atomic mass is 16.5. The average molecular weight is 507 g/mol. The number of carbonyl (C=O) groups is 1. The lowest BCUT2D eigenvalue weighted by Gasteiger charge is -2.51. The van der Waals surface area contributed by atoms with Crippen LogP contribution in [0.2, 0.25) is 0 Å². The fraction of sp³-hybridized carbons (Fsp3) is 0.303. The van der Waals surface area contributed by atoms with E-state index in [4.69, 9.17) is 4.74 Å². The van der Waals surface area contributed by atoms with Crippen molar-refractivity contribution >= 4 is 17.0 Å². The molecule has 0 spiro atoms. The smallest absolute Gasteiger partial charge is 0.188 e. The van der Waals surface area contributed by atoms with E-state index in [1.54, 1.807) is 7.11 Å². The Kier molecular flexibility index (Phi) is 6.64. The van der Waals surface area contributed by atoms with Crippen LogP contribution in [0.4, 0.5) is 5.69 Å². The first-order valence-electron chi connectivity index (χ1n) is 13.5. The van der Waals surface area contributed by atoms with Crippen LogP contribution in [0, 0.1) is 11.8 Å². The Morgan fingerprint density at radius 3 is 2.55 bits per heavy atom. The molecule has 0 saturated carbocycles. The van der Waals surface area contributed by atoms with Crippen LogP contribution in [0.3, 0.4) is 0 Å². The number of ether oxygens (including phenoxy) is 1. The summed E-state index contributed by atoms with van der Waals surface area (Å²) in [5, 5.41) is 15.2. The zero-order chi connectivity index (χ0) is 26.2. The fourth-order valence-electron chi connectivity index (χ4n) is 6.44. The number of fused-ring (bicyclic) bond motifs is 4. The van der Waals surface area contributed by atoms with Crippen LogP contribution in [0.1, 0.15) is 28.8 Å². The van der Waals surface area contributed by atoms with Gasteiger partial charge in [0.05, 0.1) is 13.2 Å². The van der Waals surface area contributed by atoms with Crippen molar-refractivity contribution in [3.8, 4) is 16.9 Å². The number of Topliss-reactive ketones (excluding diaryl/α,β-unsaturated/α-hetero) is 1. The molecule has 2 bridgehead atoms. The molecule has 3 fully saturated rings. The summed E-state index contributed by atoms with van der Waals surface area (Å²) in [5.41, 5.74) is 5.35. The van der Waals surface area contributed by atoms with Crippen molar-refractivity contribution in [1.82, 2.24) is 4.90 Å². The van der Waals surface area contributed by atoms with Gasteiger partial charge in [0.1, 0.15) is 11.8 Å². The number of hydrogen-bond acceptors (Lipinski definition) is 5. The third-order valence-corrected chi connectivity index (χ3v) is 8.59. The van der Waals surface area contributed by atoms with E-state index in [0.717, 1.165) is 59.6 Å².